The summed E-state index contributed by atoms with van der Waals surface area (Å²) in [5, 5.41) is 0.595. The van der Waals surface area contributed by atoms with Gasteiger partial charge in [0.1, 0.15) is 13.2 Å². The summed E-state index contributed by atoms with van der Waals surface area (Å²) in [6, 6.07) is 8.99. The minimum Gasteiger partial charge on any atom is -0.486 e. The minimum atomic E-state index is -0.312. The van der Waals surface area contributed by atoms with E-state index in [2.05, 4.69) is 4.98 Å². The van der Waals surface area contributed by atoms with E-state index in [1.807, 2.05) is 24.3 Å². The third kappa shape index (κ3) is 2.50. The van der Waals surface area contributed by atoms with E-state index in [-0.39, 0.29) is 6.04 Å². The molecule has 0 aliphatic carbocycles. The van der Waals surface area contributed by atoms with Gasteiger partial charge in [-0.3, -0.25) is 4.98 Å². The topological polar surface area (TPSA) is 57.4 Å². The smallest absolute Gasteiger partial charge is 0.161 e. The summed E-state index contributed by atoms with van der Waals surface area (Å²) in [6.45, 7) is 1.14. The van der Waals surface area contributed by atoms with Crippen molar-refractivity contribution in [1.82, 2.24) is 4.98 Å². The monoisotopic (exact) mass is 276 g/mol. The Hall–Kier alpha value is -1.78. The Bertz CT molecular complexity index is 586. The lowest BCUT2D eigenvalue weighted by Gasteiger charge is -2.20. The van der Waals surface area contributed by atoms with Crippen molar-refractivity contribution in [2.75, 3.05) is 13.2 Å². The maximum atomic E-state index is 6.20. The van der Waals surface area contributed by atoms with Gasteiger partial charge in [-0.15, -0.1) is 0 Å². The number of nitrogens with two attached hydrogens (primary N) is 1. The summed E-state index contributed by atoms with van der Waals surface area (Å²) in [5.41, 5.74) is 7.89. The number of fused-ring (bicyclic) bond motifs is 1. The van der Waals surface area contributed by atoms with Crippen LogP contribution in [0, 0.1) is 0 Å². The molecule has 1 aromatic heterocycles. The molecule has 0 saturated heterocycles. The van der Waals surface area contributed by atoms with Gasteiger partial charge in [0.2, 0.25) is 0 Å². The van der Waals surface area contributed by atoms with Crippen LogP contribution in [0.1, 0.15) is 17.3 Å². The van der Waals surface area contributed by atoms with E-state index in [1.54, 1.807) is 12.3 Å². The van der Waals surface area contributed by atoms with Crippen LogP contribution in [-0.2, 0) is 0 Å². The fourth-order valence-electron chi connectivity index (χ4n) is 2.00. The van der Waals surface area contributed by atoms with E-state index in [9.17, 15) is 0 Å². The highest BCUT2D eigenvalue weighted by atomic mass is 35.5. The molecule has 1 aliphatic rings. The van der Waals surface area contributed by atoms with Crippen molar-refractivity contribution in [3.8, 4) is 11.5 Å². The summed E-state index contributed by atoms with van der Waals surface area (Å²) < 4.78 is 11.0. The predicted molar refractivity (Wildman–Crippen MR) is 72.7 cm³/mol. The summed E-state index contributed by atoms with van der Waals surface area (Å²) in [5.74, 6) is 1.49. The van der Waals surface area contributed by atoms with E-state index in [0.717, 1.165) is 22.8 Å². The maximum absolute atomic E-state index is 6.20. The van der Waals surface area contributed by atoms with E-state index in [1.165, 1.54) is 0 Å². The minimum absolute atomic E-state index is 0.312. The summed E-state index contributed by atoms with van der Waals surface area (Å²) in [6.07, 6.45) is 1.59. The van der Waals surface area contributed by atoms with Gasteiger partial charge in [-0.1, -0.05) is 17.7 Å². The van der Waals surface area contributed by atoms with Crippen LogP contribution in [0.3, 0.4) is 0 Å². The molecule has 1 unspecified atom stereocenters. The molecule has 0 saturated carbocycles. The zero-order chi connectivity index (χ0) is 13.2. The number of hydrogen-bond acceptors (Lipinski definition) is 4. The van der Waals surface area contributed by atoms with Gasteiger partial charge in [0.05, 0.1) is 16.8 Å². The van der Waals surface area contributed by atoms with Gasteiger partial charge >= 0.3 is 0 Å². The fraction of sp³-hybridized carbons (Fsp3) is 0.214. The number of benzene rings is 1. The molecule has 0 radical (unpaired) electrons. The first kappa shape index (κ1) is 12.3. The van der Waals surface area contributed by atoms with Gasteiger partial charge in [0.15, 0.2) is 11.5 Å². The summed E-state index contributed by atoms with van der Waals surface area (Å²) in [4.78, 5) is 4.24. The van der Waals surface area contributed by atoms with Crippen LogP contribution in [-0.4, -0.2) is 18.2 Å². The highest BCUT2D eigenvalue weighted by molar-refractivity contribution is 6.30. The van der Waals surface area contributed by atoms with Crippen LogP contribution in [0.15, 0.2) is 36.5 Å². The van der Waals surface area contributed by atoms with E-state index in [4.69, 9.17) is 26.8 Å². The summed E-state index contributed by atoms with van der Waals surface area (Å²) in [7, 11) is 0. The molecule has 0 spiro atoms. The average molecular weight is 277 g/mol. The molecule has 2 heterocycles. The summed E-state index contributed by atoms with van der Waals surface area (Å²) >= 11 is 5.82. The zero-order valence-electron chi connectivity index (χ0n) is 10.2. The molecule has 98 valence electrons. The third-order valence-corrected chi connectivity index (χ3v) is 3.22. The number of pyridine rings is 1. The molecule has 3 rings (SSSR count). The van der Waals surface area contributed by atoms with Crippen LogP contribution in [0.5, 0.6) is 11.5 Å². The molecule has 1 aromatic carbocycles. The molecule has 0 bridgehead atoms. The van der Waals surface area contributed by atoms with Gasteiger partial charge in [0, 0.05) is 6.20 Å². The van der Waals surface area contributed by atoms with Gasteiger partial charge in [0.25, 0.3) is 0 Å². The maximum Gasteiger partial charge on any atom is 0.161 e. The Labute approximate surface area is 116 Å². The van der Waals surface area contributed by atoms with Crippen molar-refractivity contribution >= 4 is 11.6 Å². The van der Waals surface area contributed by atoms with Gasteiger partial charge in [-0.25, -0.2) is 0 Å². The van der Waals surface area contributed by atoms with Crippen molar-refractivity contribution in [3.05, 3.63) is 52.8 Å². The lowest BCUT2D eigenvalue weighted by atomic mass is 10.0. The number of halogens is 1. The van der Waals surface area contributed by atoms with Crippen LogP contribution < -0.4 is 15.2 Å². The first-order chi connectivity index (χ1) is 9.24. The quantitative estimate of drug-likeness (QED) is 0.916. The van der Waals surface area contributed by atoms with Gasteiger partial charge in [-0.2, -0.15) is 0 Å². The number of aromatic nitrogens is 1. The fourth-order valence-corrected chi connectivity index (χ4v) is 2.11. The molecular formula is C14H13ClN2O2. The first-order valence-electron chi connectivity index (χ1n) is 6.00. The highest BCUT2D eigenvalue weighted by Gasteiger charge is 2.16. The Morgan fingerprint density at radius 2 is 1.89 bits per heavy atom. The molecule has 4 nitrogen and oxygen atoms in total. The normalized spacial score (nSPS) is 15.1. The number of hydrogen-bond donors (Lipinski definition) is 1. The number of nitrogens with zero attached hydrogens (tertiary/aromatic N) is 1. The second-order valence-corrected chi connectivity index (χ2v) is 4.72. The van der Waals surface area contributed by atoms with Crippen molar-refractivity contribution in [3.63, 3.8) is 0 Å². The van der Waals surface area contributed by atoms with Crippen molar-refractivity contribution in [2.45, 2.75) is 6.04 Å². The lowest BCUT2D eigenvalue weighted by molar-refractivity contribution is 0.171. The highest BCUT2D eigenvalue weighted by Crippen LogP contribution is 2.33. The van der Waals surface area contributed by atoms with Crippen molar-refractivity contribution < 1.29 is 9.47 Å². The van der Waals surface area contributed by atoms with Crippen LogP contribution in [0.4, 0.5) is 0 Å². The first-order valence-corrected chi connectivity index (χ1v) is 6.38. The molecule has 1 atom stereocenters. The largest absolute Gasteiger partial charge is 0.486 e. The average Bonchev–Trinajstić information content (AvgIpc) is 2.47. The van der Waals surface area contributed by atoms with Crippen LogP contribution >= 0.6 is 11.6 Å². The molecule has 19 heavy (non-hydrogen) atoms. The Morgan fingerprint density at radius 1 is 1.11 bits per heavy atom. The predicted octanol–water partition coefficient (Wildman–Crippen LogP) is 2.55. The Balaban J connectivity index is 1.91. The molecule has 0 fully saturated rings. The second kappa shape index (κ2) is 5.07. The second-order valence-electron chi connectivity index (χ2n) is 4.28. The molecule has 2 aromatic rings. The third-order valence-electron chi connectivity index (χ3n) is 2.99. The van der Waals surface area contributed by atoms with Crippen LogP contribution in [0.25, 0.3) is 0 Å². The van der Waals surface area contributed by atoms with Gasteiger partial charge in [-0.05, 0) is 29.8 Å². The van der Waals surface area contributed by atoms with E-state index >= 15 is 0 Å². The van der Waals surface area contributed by atoms with Crippen molar-refractivity contribution in [1.29, 1.82) is 0 Å². The molecular weight excluding hydrogens is 264 g/mol. The van der Waals surface area contributed by atoms with Crippen LogP contribution in [0.2, 0.25) is 5.02 Å². The Kier molecular flexibility index (Phi) is 3.27. The molecule has 0 amide bonds. The lowest BCUT2D eigenvalue weighted by Crippen LogP contribution is -2.17. The van der Waals surface area contributed by atoms with E-state index < -0.39 is 0 Å². The van der Waals surface area contributed by atoms with Crippen molar-refractivity contribution in [2.24, 2.45) is 5.73 Å². The number of rotatable bonds is 2. The molecule has 5 heteroatoms. The zero-order valence-corrected chi connectivity index (χ0v) is 10.9. The van der Waals surface area contributed by atoms with Gasteiger partial charge < -0.3 is 15.2 Å². The number of ether oxygens (including phenoxy) is 2. The van der Waals surface area contributed by atoms with E-state index in [0.29, 0.717) is 18.2 Å². The Morgan fingerprint density at radius 3 is 2.63 bits per heavy atom. The molecule has 1 aliphatic heterocycles. The SMILES string of the molecule is NC(c1ccc2c(c1)OCCO2)c1ccc(Cl)cn1. The standard InChI is InChI=1S/C14H13ClN2O2/c15-10-2-3-11(17-8-10)14(16)9-1-4-12-13(7-9)19-6-5-18-12/h1-4,7-8,14H,5-6,16H2. The molecule has 2 N–H and O–H groups in total.